The highest BCUT2D eigenvalue weighted by Crippen LogP contribution is 2.40. The lowest BCUT2D eigenvalue weighted by atomic mass is 9.89. The lowest BCUT2D eigenvalue weighted by Gasteiger charge is -2.37. The predicted molar refractivity (Wildman–Crippen MR) is 114 cm³/mol. The number of hydrogen-bond donors (Lipinski definition) is 2. The van der Waals surface area contributed by atoms with Crippen molar-refractivity contribution >= 4 is 34.7 Å². The predicted octanol–water partition coefficient (Wildman–Crippen LogP) is 4.46. The number of aromatic hydroxyl groups is 1. The highest BCUT2D eigenvalue weighted by Gasteiger charge is 2.34. The Labute approximate surface area is 174 Å². The molecule has 2 N–H and O–H groups in total. The molecular formula is C21H21ClN2O3S. The molecule has 0 saturated heterocycles. The quantitative estimate of drug-likeness (QED) is 0.554. The van der Waals surface area contributed by atoms with Crippen LogP contribution in [0.5, 0.6) is 11.5 Å². The summed E-state index contributed by atoms with van der Waals surface area (Å²) in [7, 11) is 1.45. The number of rotatable bonds is 5. The van der Waals surface area contributed by atoms with Gasteiger partial charge in [-0.3, -0.25) is 4.79 Å². The molecule has 5 nitrogen and oxygen atoms in total. The molecule has 1 unspecified atom stereocenters. The Balaban J connectivity index is 2.18. The third kappa shape index (κ3) is 3.57. The number of carbonyl (C=O) groups is 1. The monoisotopic (exact) mass is 416 g/mol. The van der Waals surface area contributed by atoms with E-state index in [1.165, 1.54) is 7.11 Å². The maximum atomic E-state index is 13.4. The van der Waals surface area contributed by atoms with E-state index in [1.807, 2.05) is 36.9 Å². The maximum Gasteiger partial charge on any atom is 0.193 e. The van der Waals surface area contributed by atoms with Crippen molar-refractivity contribution < 1.29 is 14.6 Å². The Morgan fingerprint density at radius 3 is 2.61 bits per heavy atom. The van der Waals surface area contributed by atoms with Crippen molar-refractivity contribution in [3.63, 3.8) is 0 Å². The number of ether oxygens (including phenoxy) is 1. The number of phenolic OH excluding ortho intramolecular Hbond substituents is 1. The molecule has 0 saturated carbocycles. The summed E-state index contributed by atoms with van der Waals surface area (Å²) in [5, 5.41) is 14.0. The summed E-state index contributed by atoms with van der Waals surface area (Å²) in [4.78, 5) is 15.3. The first-order chi connectivity index (χ1) is 13.4. The topological polar surface area (TPSA) is 61.8 Å². The van der Waals surface area contributed by atoms with Crippen LogP contribution in [0.1, 0.15) is 35.8 Å². The Hall–Kier alpha value is -2.57. The van der Waals surface area contributed by atoms with Crippen molar-refractivity contribution in [2.75, 3.05) is 13.7 Å². The Morgan fingerprint density at radius 1 is 1.32 bits per heavy atom. The molecule has 1 aliphatic heterocycles. The normalized spacial score (nSPS) is 16.8. The van der Waals surface area contributed by atoms with E-state index in [2.05, 4.69) is 5.32 Å². The molecule has 0 amide bonds. The molecule has 2 aromatic rings. The summed E-state index contributed by atoms with van der Waals surface area (Å²) in [6.07, 6.45) is 0. The van der Waals surface area contributed by atoms with E-state index >= 15 is 0 Å². The van der Waals surface area contributed by atoms with Gasteiger partial charge in [0.05, 0.1) is 18.2 Å². The lowest BCUT2D eigenvalue weighted by molar-refractivity contribution is 0.102. The van der Waals surface area contributed by atoms with Crippen molar-refractivity contribution in [2.45, 2.75) is 19.9 Å². The zero-order chi connectivity index (χ0) is 20.4. The minimum absolute atomic E-state index is 0.0975. The van der Waals surface area contributed by atoms with Gasteiger partial charge in [0.25, 0.3) is 0 Å². The van der Waals surface area contributed by atoms with E-state index in [-0.39, 0.29) is 22.3 Å². The third-order valence-corrected chi connectivity index (χ3v) is 5.42. The number of nitrogens with one attached hydrogen (secondary N) is 1. The average molecular weight is 417 g/mol. The molecule has 0 aliphatic carbocycles. The number of phenols is 1. The largest absolute Gasteiger partial charge is 0.503 e. The van der Waals surface area contributed by atoms with Crippen molar-refractivity contribution in [2.24, 2.45) is 0 Å². The molecule has 1 atom stereocenters. The molecule has 7 heteroatoms. The zero-order valence-electron chi connectivity index (χ0n) is 15.8. The number of allylic oxidation sites excluding steroid dienone is 1. The van der Waals surface area contributed by atoms with Gasteiger partial charge in [0.15, 0.2) is 22.4 Å². The van der Waals surface area contributed by atoms with Crippen LogP contribution in [0, 0.1) is 0 Å². The number of thiocarbonyl (C=S) groups is 1. The van der Waals surface area contributed by atoms with Gasteiger partial charge in [0.1, 0.15) is 0 Å². The number of Topliss-reactive ketones (excluding diaryl/α,β-unsaturated/α-hetero) is 1. The van der Waals surface area contributed by atoms with Gasteiger partial charge in [0.2, 0.25) is 0 Å². The Bertz CT molecular complexity index is 960. The molecule has 2 aromatic carbocycles. The van der Waals surface area contributed by atoms with E-state index < -0.39 is 6.04 Å². The molecule has 0 radical (unpaired) electrons. The van der Waals surface area contributed by atoms with Crippen LogP contribution in [0.3, 0.4) is 0 Å². The Kier molecular flexibility index (Phi) is 5.91. The van der Waals surface area contributed by atoms with Gasteiger partial charge in [-0.2, -0.15) is 0 Å². The fourth-order valence-electron chi connectivity index (χ4n) is 3.37. The molecule has 3 rings (SSSR count). The number of ketones is 1. The number of benzene rings is 2. The second kappa shape index (κ2) is 8.20. The molecule has 0 spiro atoms. The summed E-state index contributed by atoms with van der Waals surface area (Å²) in [5.41, 5.74) is 2.62. The number of methoxy groups -OCH3 is 1. The second-order valence-corrected chi connectivity index (χ2v) is 7.17. The highest BCUT2D eigenvalue weighted by atomic mass is 35.5. The summed E-state index contributed by atoms with van der Waals surface area (Å²) in [6.45, 7) is 4.50. The Morgan fingerprint density at radius 2 is 2.00 bits per heavy atom. The van der Waals surface area contributed by atoms with Gasteiger partial charge in [-0.25, -0.2) is 0 Å². The molecular weight excluding hydrogens is 396 g/mol. The molecule has 0 bridgehead atoms. The van der Waals surface area contributed by atoms with E-state index in [0.717, 1.165) is 5.70 Å². The minimum Gasteiger partial charge on any atom is -0.503 e. The molecule has 0 aromatic heterocycles. The highest BCUT2D eigenvalue weighted by molar-refractivity contribution is 7.80. The van der Waals surface area contributed by atoms with Crippen LogP contribution < -0.4 is 10.1 Å². The summed E-state index contributed by atoms with van der Waals surface area (Å²) in [6, 6.07) is 11.9. The first-order valence-electron chi connectivity index (χ1n) is 8.84. The van der Waals surface area contributed by atoms with Gasteiger partial charge >= 0.3 is 0 Å². The minimum atomic E-state index is -0.519. The van der Waals surface area contributed by atoms with Crippen LogP contribution in [0.2, 0.25) is 5.02 Å². The van der Waals surface area contributed by atoms with Crippen LogP contribution in [0.15, 0.2) is 53.7 Å². The lowest BCUT2D eigenvalue weighted by Crippen LogP contribution is -2.47. The molecule has 1 heterocycles. The van der Waals surface area contributed by atoms with E-state index in [4.69, 9.17) is 28.6 Å². The fraction of sp³-hybridized carbons (Fsp3) is 0.238. The van der Waals surface area contributed by atoms with Crippen LogP contribution >= 0.6 is 23.8 Å². The van der Waals surface area contributed by atoms with Crippen molar-refractivity contribution in [1.82, 2.24) is 10.2 Å². The SMILES string of the molecule is CCN1C(=S)NC(c2cc(Cl)c(O)c(OC)c2)C(C(=O)c2ccccc2)=C1C. The average Bonchev–Trinajstić information content (AvgIpc) is 2.70. The van der Waals surface area contributed by atoms with Crippen molar-refractivity contribution in [3.8, 4) is 11.5 Å². The van der Waals surface area contributed by atoms with Crippen LogP contribution in [-0.2, 0) is 0 Å². The smallest absolute Gasteiger partial charge is 0.193 e. The van der Waals surface area contributed by atoms with Crippen molar-refractivity contribution in [3.05, 3.63) is 69.9 Å². The van der Waals surface area contributed by atoms with Gasteiger partial charge in [-0.05, 0) is 43.8 Å². The maximum absolute atomic E-state index is 13.4. The first kappa shape index (κ1) is 20.2. The standard InChI is InChI=1S/C21H21ClN2O3S/c1-4-24-12(2)17(19(25)13-8-6-5-7-9-13)18(23-21(24)28)14-10-15(22)20(26)16(11-14)27-3/h5-11,18,26H,4H2,1-3H3,(H,23,28). The fourth-order valence-corrected chi connectivity index (χ4v) is 3.97. The summed E-state index contributed by atoms with van der Waals surface area (Å²) < 4.78 is 5.23. The summed E-state index contributed by atoms with van der Waals surface area (Å²) >= 11 is 11.7. The number of nitrogens with zero attached hydrogens (tertiary/aromatic N) is 1. The van der Waals surface area contributed by atoms with Gasteiger partial charge in [-0.1, -0.05) is 41.9 Å². The van der Waals surface area contributed by atoms with Crippen LogP contribution in [0.25, 0.3) is 0 Å². The van der Waals surface area contributed by atoms with E-state index in [0.29, 0.717) is 28.4 Å². The van der Waals surface area contributed by atoms with Crippen molar-refractivity contribution in [1.29, 1.82) is 0 Å². The van der Waals surface area contributed by atoms with E-state index in [1.54, 1.807) is 24.3 Å². The second-order valence-electron chi connectivity index (χ2n) is 6.37. The first-order valence-corrected chi connectivity index (χ1v) is 9.62. The molecule has 28 heavy (non-hydrogen) atoms. The van der Waals surface area contributed by atoms with Crippen LogP contribution in [-0.4, -0.2) is 34.6 Å². The van der Waals surface area contributed by atoms with E-state index in [9.17, 15) is 9.90 Å². The molecule has 0 fully saturated rings. The molecule has 146 valence electrons. The van der Waals surface area contributed by atoms with Gasteiger partial charge < -0.3 is 20.1 Å². The molecule has 1 aliphatic rings. The third-order valence-electron chi connectivity index (χ3n) is 4.80. The number of hydrogen-bond acceptors (Lipinski definition) is 4. The number of halogens is 1. The van der Waals surface area contributed by atoms with Gasteiger partial charge in [0, 0.05) is 23.4 Å². The van der Waals surface area contributed by atoms with Gasteiger partial charge in [-0.15, -0.1) is 0 Å². The zero-order valence-corrected chi connectivity index (χ0v) is 17.4. The van der Waals surface area contributed by atoms with Crippen LogP contribution in [0.4, 0.5) is 0 Å². The number of carbonyl (C=O) groups excluding carboxylic acids is 1. The summed E-state index contributed by atoms with van der Waals surface area (Å²) in [5.74, 6) is -0.00450.